The molecule has 0 bridgehead atoms. The Morgan fingerprint density at radius 2 is 1.93 bits per heavy atom. The SMILES string of the molecule is Cc1cc(N=Nc2ccc(N)cc2)sn1. The maximum Gasteiger partial charge on any atom is 0.159 e. The summed E-state index contributed by atoms with van der Waals surface area (Å²) in [6.07, 6.45) is 0. The highest BCUT2D eigenvalue weighted by molar-refractivity contribution is 7.09. The van der Waals surface area contributed by atoms with E-state index in [0.29, 0.717) is 0 Å². The number of aryl methyl sites for hydroxylation is 1. The van der Waals surface area contributed by atoms with Crippen molar-refractivity contribution in [2.24, 2.45) is 10.2 Å². The molecule has 0 amide bonds. The predicted octanol–water partition coefficient (Wildman–Crippen LogP) is 3.45. The Kier molecular flexibility index (Phi) is 2.73. The summed E-state index contributed by atoms with van der Waals surface area (Å²) in [4.78, 5) is 0. The van der Waals surface area contributed by atoms with Gasteiger partial charge in [0.05, 0.1) is 11.4 Å². The Morgan fingerprint density at radius 3 is 2.53 bits per heavy atom. The van der Waals surface area contributed by atoms with Crippen LogP contribution in [0, 0.1) is 6.92 Å². The van der Waals surface area contributed by atoms with Gasteiger partial charge in [0.25, 0.3) is 0 Å². The third-order valence-corrected chi connectivity index (χ3v) is 2.54. The highest BCUT2D eigenvalue weighted by Gasteiger charge is 1.95. The minimum Gasteiger partial charge on any atom is -0.399 e. The molecule has 5 heteroatoms. The van der Waals surface area contributed by atoms with Gasteiger partial charge in [-0.25, -0.2) is 0 Å². The molecule has 0 saturated carbocycles. The Hall–Kier alpha value is -1.75. The second-order valence-electron chi connectivity index (χ2n) is 3.10. The lowest BCUT2D eigenvalue weighted by Gasteiger charge is -1.92. The summed E-state index contributed by atoms with van der Waals surface area (Å²) in [5, 5.41) is 8.95. The summed E-state index contributed by atoms with van der Waals surface area (Å²) in [7, 11) is 0. The number of hydrogen-bond acceptors (Lipinski definition) is 5. The monoisotopic (exact) mass is 218 g/mol. The first-order valence-electron chi connectivity index (χ1n) is 4.44. The molecule has 0 radical (unpaired) electrons. The van der Waals surface area contributed by atoms with Crippen LogP contribution in [0.5, 0.6) is 0 Å². The summed E-state index contributed by atoms with van der Waals surface area (Å²) in [6, 6.07) is 9.14. The van der Waals surface area contributed by atoms with Gasteiger partial charge in [-0.2, -0.15) is 4.37 Å². The molecular weight excluding hydrogens is 208 g/mol. The number of rotatable bonds is 2. The number of anilines is 1. The number of azo groups is 1. The van der Waals surface area contributed by atoms with Gasteiger partial charge in [-0.3, -0.25) is 0 Å². The molecule has 2 rings (SSSR count). The topological polar surface area (TPSA) is 63.6 Å². The largest absolute Gasteiger partial charge is 0.399 e. The number of nitrogens with zero attached hydrogens (tertiary/aromatic N) is 3. The van der Waals surface area contributed by atoms with Crippen LogP contribution in [0.15, 0.2) is 40.6 Å². The van der Waals surface area contributed by atoms with Crippen molar-refractivity contribution in [2.45, 2.75) is 6.92 Å². The number of hydrogen-bond donors (Lipinski definition) is 1. The van der Waals surface area contributed by atoms with Gasteiger partial charge >= 0.3 is 0 Å². The average molecular weight is 218 g/mol. The quantitative estimate of drug-likeness (QED) is 0.619. The second-order valence-corrected chi connectivity index (χ2v) is 3.88. The maximum absolute atomic E-state index is 5.56. The van der Waals surface area contributed by atoms with Crippen molar-refractivity contribution in [2.75, 3.05) is 5.73 Å². The fourth-order valence-electron chi connectivity index (χ4n) is 1.05. The van der Waals surface area contributed by atoms with Crippen LogP contribution in [-0.2, 0) is 0 Å². The molecule has 0 aliphatic carbocycles. The fourth-order valence-corrected chi connectivity index (χ4v) is 1.64. The number of benzene rings is 1. The zero-order valence-electron chi connectivity index (χ0n) is 8.21. The minimum atomic E-state index is 0.725. The Balaban J connectivity index is 2.14. The van der Waals surface area contributed by atoms with Crippen LogP contribution in [0.2, 0.25) is 0 Å². The van der Waals surface area contributed by atoms with E-state index in [2.05, 4.69) is 14.6 Å². The summed E-state index contributed by atoms with van der Waals surface area (Å²) < 4.78 is 4.11. The van der Waals surface area contributed by atoms with E-state index in [9.17, 15) is 0 Å². The summed E-state index contributed by atoms with van der Waals surface area (Å²) in [5.41, 5.74) is 8.03. The van der Waals surface area contributed by atoms with E-state index in [-0.39, 0.29) is 0 Å². The summed E-state index contributed by atoms with van der Waals surface area (Å²) in [6.45, 7) is 1.93. The third kappa shape index (κ3) is 2.60. The van der Waals surface area contributed by atoms with Crippen molar-refractivity contribution in [1.29, 1.82) is 0 Å². The molecule has 1 aromatic carbocycles. The molecule has 1 aromatic heterocycles. The molecule has 1 heterocycles. The van der Waals surface area contributed by atoms with E-state index in [1.165, 1.54) is 11.5 Å². The van der Waals surface area contributed by atoms with Crippen molar-refractivity contribution in [1.82, 2.24) is 4.37 Å². The summed E-state index contributed by atoms with van der Waals surface area (Å²) in [5.74, 6) is 0. The molecular formula is C10H10N4S. The molecule has 0 aliphatic heterocycles. The molecule has 0 fully saturated rings. The smallest absolute Gasteiger partial charge is 0.159 e. The lowest BCUT2D eigenvalue weighted by atomic mass is 10.3. The van der Waals surface area contributed by atoms with Crippen LogP contribution >= 0.6 is 11.5 Å². The van der Waals surface area contributed by atoms with Crippen molar-refractivity contribution >= 4 is 27.9 Å². The zero-order valence-corrected chi connectivity index (χ0v) is 9.03. The predicted molar refractivity (Wildman–Crippen MR) is 61.9 cm³/mol. The van der Waals surface area contributed by atoms with Crippen molar-refractivity contribution in [3.8, 4) is 0 Å². The van der Waals surface area contributed by atoms with Crippen LogP contribution in [0.4, 0.5) is 16.4 Å². The van der Waals surface area contributed by atoms with Gasteiger partial charge in [-0.15, -0.1) is 10.2 Å². The van der Waals surface area contributed by atoms with Gasteiger partial charge in [0.1, 0.15) is 0 Å². The molecule has 2 N–H and O–H groups in total. The van der Waals surface area contributed by atoms with Gasteiger partial charge < -0.3 is 5.73 Å². The lowest BCUT2D eigenvalue weighted by Crippen LogP contribution is -1.80. The Bertz CT molecular complexity index is 472. The average Bonchev–Trinajstić information content (AvgIpc) is 2.64. The van der Waals surface area contributed by atoms with Crippen molar-refractivity contribution < 1.29 is 0 Å². The molecule has 0 unspecified atom stereocenters. The number of nitrogens with two attached hydrogens (primary N) is 1. The molecule has 0 spiro atoms. The second kappa shape index (κ2) is 4.18. The molecule has 15 heavy (non-hydrogen) atoms. The molecule has 0 aliphatic rings. The van der Waals surface area contributed by atoms with E-state index in [1.54, 1.807) is 12.1 Å². The van der Waals surface area contributed by atoms with E-state index >= 15 is 0 Å². The van der Waals surface area contributed by atoms with Crippen LogP contribution in [-0.4, -0.2) is 4.37 Å². The zero-order chi connectivity index (χ0) is 10.7. The van der Waals surface area contributed by atoms with Crippen LogP contribution < -0.4 is 5.73 Å². The highest BCUT2D eigenvalue weighted by atomic mass is 32.1. The minimum absolute atomic E-state index is 0.725. The van der Waals surface area contributed by atoms with Crippen molar-refractivity contribution in [3.63, 3.8) is 0 Å². The van der Waals surface area contributed by atoms with Gasteiger partial charge in [0.15, 0.2) is 5.00 Å². The number of nitrogen functional groups attached to an aromatic ring is 1. The molecule has 76 valence electrons. The highest BCUT2D eigenvalue weighted by Crippen LogP contribution is 2.23. The standard InChI is InChI=1S/C10H10N4S/c1-7-6-10(15-14-7)13-12-9-4-2-8(11)3-5-9/h2-6H,11H2,1H3. The van der Waals surface area contributed by atoms with Gasteiger partial charge in [-0.05, 0) is 48.8 Å². The fraction of sp³-hybridized carbons (Fsp3) is 0.100. The normalized spacial score (nSPS) is 11.0. The number of aromatic nitrogens is 1. The van der Waals surface area contributed by atoms with E-state index in [4.69, 9.17) is 5.73 Å². The van der Waals surface area contributed by atoms with E-state index < -0.39 is 0 Å². The van der Waals surface area contributed by atoms with E-state index in [0.717, 1.165) is 22.1 Å². The van der Waals surface area contributed by atoms with Crippen LogP contribution in [0.25, 0.3) is 0 Å². The van der Waals surface area contributed by atoms with Gasteiger partial charge in [-0.1, -0.05) is 0 Å². The van der Waals surface area contributed by atoms with Crippen LogP contribution in [0.3, 0.4) is 0 Å². The molecule has 2 aromatic rings. The van der Waals surface area contributed by atoms with E-state index in [1.807, 2.05) is 25.1 Å². The summed E-state index contributed by atoms with van der Waals surface area (Å²) >= 11 is 1.34. The molecule has 4 nitrogen and oxygen atoms in total. The van der Waals surface area contributed by atoms with Gasteiger partial charge in [0, 0.05) is 5.69 Å². The first kappa shape index (κ1) is 9.79. The first-order chi connectivity index (χ1) is 7.24. The lowest BCUT2D eigenvalue weighted by molar-refractivity contribution is 1.25. The van der Waals surface area contributed by atoms with Gasteiger partial charge in [0.2, 0.25) is 0 Å². The third-order valence-electron chi connectivity index (χ3n) is 1.77. The maximum atomic E-state index is 5.56. The molecule has 0 saturated heterocycles. The Morgan fingerprint density at radius 1 is 1.20 bits per heavy atom. The first-order valence-corrected chi connectivity index (χ1v) is 5.22. The molecule has 0 atom stereocenters. The van der Waals surface area contributed by atoms with Crippen LogP contribution in [0.1, 0.15) is 5.69 Å². The Labute approximate surface area is 91.6 Å². The van der Waals surface area contributed by atoms with Crippen molar-refractivity contribution in [3.05, 3.63) is 36.0 Å².